The molecule has 7 heteroatoms. The zero-order valence-electron chi connectivity index (χ0n) is 8.52. The Hall–Kier alpha value is -1.89. The zero-order valence-corrected chi connectivity index (χ0v) is 8.52. The summed E-state index contributed by atoms with van der Waals surface area (Å²) >= 11 is 0. The molecule has 0 aliphatic heterocycles. The number of nitrogens with zero attached hydrogens (tertiary/aromatic N) is 3. The molecular weight excluding hydrogens is 235 g/mol. The topological polar surface area (TPSA) is 50.9 Å². The van der Waals surface area contributed by atoms with Crippen LogP contribution in [0.15, 0.2) is 24.3 Å². The first-order valence-corrected chi connectivity index (χ1v) is 4.73. The van der Waals surface area contributed by atoms with Crippen molar-refractivity contribution in [1.29, 1.82) is 0 Å². The second-order valence-electron chi connectivity index (χ2n) is 3.27. The molecule has 1 N–H and O–H groups in total. The van der Waals surface area contributed by atoms with Crippen LogP contribution in [-0.4, -0.2) is 20.1 Å². The number of aliphatic hydroxyl groups excluding tert-OH is 1. The maximum Gasteiger partial charge on any atom is 0.284 e. The molecule has 0 unspecified atom stereocenters. The molecule has 90 valence electrons. The van der Waals surface area contributed by atoms with E-state index in [1.807, 2.05) is 0 Å². The molecule has 0 atom stereocenters. The van der Waals surface area contributed by atoms with E-state index in [0.29, 0.717) is 5.69 Å². The summed E-state index contributed by atoms with van der Waals surface area (Å²) in [7, 11) is 0. The molecule has 1 heterocycles. The third-order valence-electron chi connectivity index (χ3n) is 2.22. The van der Waals surface area contributed by atoms with Gasteiger partial charge in [-0.05, 0) is 24.3 Å². The molecule has 17 heavy (non-hydrogen) atoms. The molecule has 0 amide bonds. The van der Waals surface area contributed by atoms with Crippen LogP contribution in [0.25, 0.3) is 5.69 Å². The number of hydrogen-bond donors (Lipinski definition) is 1. The van der Waals surface area contributed by atoms with E-state index in [1.54, 1.807) is 0 Å². The van der Waals surface area contributed by atoms with Gasteiger partial charge in [0.25, 0.3) is 6.43 Å². The van der Waals surface area contributed by atoms with Gasteiger partial charge < -0.3 is 5.11 Å². The fourth-order valence-corrected chi connectivity index (χ4v) is 1.42. The number of aliphatic hydroxyl groups is 1. The highest BCUT2D eigenvalue weighted by Crippen LogP contribution is 2.22. The van der Waals surface area contributed by atoms with Gasteiger partial charge in [0.1, 0.15) is 5.82 Å². The van der Waals surface area contributed by atoms with E-state index in [0.717, 1.165) is 4.68 Å². The summed E-state index contributed by atoms with van der Waals surface area (Å²) < 4.78 is 38.8. The van der Waals surface area contributed by atoms with Crippen LogP contribution in [0, 0.1) is 5.82 Å². The fourth-order valence-electron chi connectivity index (χ4n) is 1.42. The van der Waals surface area contributed by atoms with Gasteiger partial charge in [-0.3, -0.25) is 0 Å². The number of halogens is 3. The van der Waals surface area contributed by atoms with Gasteiger partial charge in [-0.2, -0.15) is 0 Å². The summed E-state index contributed by atoms with van der Waals surface area (Å²) in [6.45, 7) is -0.621. The molecule has 0 fully saturated rings. The monoisotopic (exact) mass is 243 g/mol. The molecule has 0 spiro atoms. The molecule has 2 rings (SSSR count). The van der Waals surface area contributed by atoms with Gasteiger partial charge in [0, 0.05) is 0 Å². The molecule has 0 saturated heterocycles. The summed E-state index contributed by atoms with van der Waals surface area (Å²) in [6.07, 6.45) is -2.81. The average molecular weight is 243 g/mol. The first kappa shape index (κ1) is 11.6. The smallest absolute Gasteiger partial charge is 0.284 e. The number of rotatable bonds is 3. The molecular formula is C10H8F3N3O. The minimum absolute atomic E-state index is 0.105. The maximum atomic E-state index is 12.7. The summed E-state index contributed by atoms with van der Waals surface area (Å²) in [4.78, 5) is 0. The Morgan fingerprint density at radius 2 is 1.88 bits per heavy atom. The predicted molar refractivity (Wildman–Crippen MR) is 52.2 cm³/mol. The summed E-state index contributed by atoms with van der Waals surface area (Å²) in [5, 5.41) is 15.9. The minimum atomic E-state index is -2.81. The van der Waals surface area contributed by atoms with E-state index < -0.39 is 24.5 Å². The van der Waals surface area contributed by atoms with Crippen LogP contribution >= 0.6 is 0 Å². The van der Waals surface area contributed by atoms with Crippen LogP contribution in [0.2, 0.25) is 0 Å². The van der Waals surface area contributed by atoms with Crippen molar-refractivity contribution in [2.45, 2.75) is 13.0 Å². The Morgan fingerprint density at radius 3 is 2.41 bits per heavy atom. The molecule has 0 saturated carbocycles. The van der Waals surface area contributed by atoms with Gasteiger partial charge in [0.05, 0.1) is 18.0 Å². The molecule has 0 bridgehead atoms. The van der Waals surface area contributed by atoms with E-state index in [9.17, 15) is 13.2 Å². The van der Waals surface area contributed by atoms with E-state index in [4.69, 9.17) is 5.11 Å². The Balaban J connectivity index is 2.48. The quantitative estimate of drug-likeness (QED) is 0.894. The Bertz CT molecular complexity index is 510. The highest BCUT2D eigenvalue weighted by atomic mass is 19.3. The second kappa shape index (κ2) is 4.54. The summed E-state index contributed by atoms with van der Waals surface area (Å²) in [5.74, 6) is -0.450. The summed E-state index contributed by atoms with van der Waals surface area (Å²) in [6, 6.07) is 5.05. The first-order valence-electron chi connectivity index (χ1n) is 4.73. The van der Waals surface area contributed by atoms with Crippen molar-refractivity contribution >= 4 is 0 Å². The molecule has 1 aromatic carbocycles. The first-order chi connectivity index (χ1) is 8.13. The van der Waals surface area contributed by atoms with E-state index in [-0.39, 0.29) is 5.69 Å². The second-order valence-corrected chi connectivity index (χ2v) is 3.27. The van der Waals surface area contributed by atoms with Crippen LogP contribution < -0.4 is 0 Å². The summed E-state index contributed by atoms with van der Waals surface area (Å²) in [5.41, 5.74) is -0.321. The molecule has 2 aromatic rings. The van der Waals surface area contributed by atoms with E-state index >= 15 is 0 Å². The Morgan fingerprint density at radius 1 is 1.24 bits per heavy atom. The normalized spacial score (nSPS) is 11.1. The van der Waals surface area contributed by atoms with Crippen molar-refractivity contribution in [3.05, 3.63) is 41.5 Å². The standard InChI is InChI=1S/C10H8F3N3O/c11-6-1-3-7(4-2-6)16-8(5-17)9(10(12)13)14-15-16/h1-4,10,17H,5H2. The Labute approximate surface area is 94.3 Å². The van der Waals surface area contributed by atoms with Gasteiger partial charge in [-0.15, -0.1) is 5.10 Å². The number of hydrogen-bond acceptors (Lipinski definition) is 3. The van der Waals surface area contributed by atoms with Gasteiger partial charge >= 0.3 is 0 Å². The lowest BCUT2D eigenvalue weighted by molar-refractivity contribution is 0.141. The van der Waals surface area contributed by atoms with E-state index in [1.165, 1.54) is 24.3 Å². The number of alkyl halides is 2. The van der Waals surface area contributed by atoms with Crippen molar-refractivity contribution < 1.29 is 18.3 Å². The van der Waals surface area contributed by atoms with Crippen molar-refractivity contribution in [1.82, 2.24) is 15.0 Å². The van der Waals surface area contributed by atoms with Crippen molar-refractivity contribution in [2.75, 3.05) is 0 Å². The number of aromatic nitrogens is 3. The number of benzene rings is 1. The van der Waals surface area contributed by atoms with Crippen LogP contribution in [0.4, 0.5) is 13.2 Å². The molecule has 1 aromatic heterocycles. The van der Waals surface area contributed by atoms with Gasteiger partial charge in [-0.25, -0.2) is 17.9 Å². The molecule has 0 aliphatic rings. The van der Waals surface area contributed by atoms with Crippen molar-refractivity contribution in [3.8, 4) is 5.69 Å². The zero-order chi connectivity index (χ0) is 12.4. The predicted octanol–water partition coefficient (Wildman–Crippen LogP) is 1.84. The van der Waals surface area contributed by atoms with Crippen molar-refractivity contribution in [2.24, 2.45) is 0 Å². The minimum Gasteiger partial charge on any atom is -0.390 e. The van der Waals surface area contributed by atoms with E-state index in [2.05, 4.69) is 10.3 Å². The maximum absolute atomic E-state index is 12.7. The SMILES string of the molecule is OCc1c(C(F)F)nnn1-c1ccc(F)cc1. The van der Waals surface area contributed by atoms with Crippen LogP contribution in [0.5, 0.6) is 0 Å². The molecule has 4 nitrogen and oxygen atoms in total. The van der Waals surface area contributed by atoms with Gasteiger partial charge in [-0.1, -0.05) is 5.21 Å². The molecule has 0 aliphatic carbocycles. The Kier molecular flexibility index (Phi) is 3.10. The largest absolute Gasteiger partial charge is 0.390 e. The average Bonchev–Trinajstić information content (AvgIpc) is 2.73. The van der Waals surface area contributed by atoms with Crippen molar-refractivity contribution in [3.63, 3.8) is 0 Å². The highest BCUT2D eigenvalue weighted by molar-refractivity contribution is 5.33. The lowest BCUT2D eigenvalue weighted by Crippen LogP contribution is -2.04. The lowest BCUT2D eigenvalue weighted by Gasteiger charge is -2.04. The highest BCUT2D eigenvalue weighted by Gasteiger charge is 2.20. The van der Waals surface area contributed by atoms with Gasteiger partial charge in [0.2, 0.25) is 0 Å². The van der Waals surface area contributed by atoms with Crippen LogP contribution in [-0.2, 0) is 6.61 Å². The van der Waals surface area contributed by atoms with Crippen LogP contribution in [0.1, 0.15) is 17.8 Å². The fraction of sp³-hybridized carbons (Fsp3) is 0.200. The third-order valence-corrected chi connectivity index (χ3v) is 2.22. The molecule has 0 radical (unpaired) electrons. The van der Waals surface area contributed by atoms with Gasteiger partial charge in [0.15, 0.2) is 5.69 Å². The third kappa shape index (κ3) is 2.14. The lowest BCUT2D eigenvalue weighted by atomic mass is 10.3. The van der Waals surface area contributed by atoms with Crippen LogP contribution in [0.3, 0.4) is 0 Å².